The van der Waals surface area contributed by atoms with E-state index < -0.39 is 0 Å². The Hall–Kier alpha value is -1.05. The zero-order valence-electron chi connectivity index (χ0n) is 5.79. The van der Waals surface area contributed by atoms with Crippen LogP contribution >= 0.6 is 0 Å². The summed E-state index contributed by atoms with van der Waals surface area (Å²) in [6.07, 6.45) is 4.65. The molecule has 2 nitrogen and oxygen atoms in total. The van der Waals surface area contributed by atoms with Crippen molar-refractivity contribution in [2.24, 2.45) is 0 Å². The van der Waals surface area contributed by atoms with Gasteiger partial charge in [-0.3, -0.25) is 4.79 Å². The maximum atomic E-state index is 10.7. The molecule has 2 heteroatoms. The van der Waals surface area contributed by atoms with Gasteiger partial charge in [0.05, 0.1) is 0 Å². The van der Waals surface area contributed by atoms with Gasteiger partial charge < -0.3 is 4.90 Å². The molecule has 0 bridgehead atoms. The van der Waals surface area contributed by atoms with Crippen LogP contribution in [0.3, 0.4) is 0 Å². The average molecular weight is 125 g/mol. The molecule has 50 valence electrons. The summed E-state index contributed by atoms with van der Waals surface area (Å²) in [7, 11) is 3.41. The molecule has 9 heavy (non-hydrogen) atoms. The minimum absolute atomic E-state index is 0.0186. The molecule has 0 N–H and O–H groups in total. The predicted octanol–water partition coefficient (Wildman–Crippen LogP) is 0.817. The minimum Gasteiger partial charge on any atom is -0.345 e. The van der Waals surface area contributed by atoms with Gasteiger partial charge in [0.2, 0.25) is 5.91 Å². The number of rotatable bonds is 2. The normalized spacial score (nSPS) is 9.56. The van der Waals surface area contributed by atoms with Crippen molar-refractivity contribution in [3.63, 3.8) is 0 Å². The molecule has 0 aliphatic heterocycles. The molecule has 0 saturated heterocycles. The number of carbonyl (C=O) groups excluding carboxylic acids is 1. The lowest BCUT2D eigenvalue weighted by atomic mass is 10.4. The van der Waals surface area contributed by atoms with Crippen LogP contribution < -0.4 is 0 Å². The summed E-state index contributed by atoms with van der Waals surface area (Å²) in [6, 6.07) is 0. The average Bonchev–Trinajstić information content (AvgIpc) is 1.82. The van der Waals surface area contributed by atoms with Crippen molar-refractivity contribution >= 4 is 5.91 Å². The second kappa shape index (κ2) is 3.89. The van der Waals surface area contributed by atoms with E-state index in [1.807, 2.05) is 0 Å². The highest BCUT2D eigenvalue weighted by molar-refractivity contribution is 5.87. The van der Waals surface area contributed by atoms with Crippen LogP contribution in [0.2, 0.25) is 0 Å². The highest BCUT2D eigenvalue weighted by Crippen LogP contribution is 1.80. The third-order valence-electron chi connectivity index (χ3n) is 0.816. The zero-order valence-corrected chi connectivity index (χ0v) is 5.79. The number of allylic oxidation sites excluding steroid dienone is 2. The first-order valence-electron chi connectivity index (χ1n) is 2.69. The van der Waals surface area contributed by atoms with E-state index in [2.05, 4.69) is 6.58 Å². The summed E-state index contributed by atoms with van der Waals surface area (Å²) in [6.45, 7) is 3.43. The third-order valence-corrected chi connectivity index (χ3v) is 0.816. The summed E-state index contributed by atoms with van der Waals surface area (Å²) in [5, 5.41) is 0. The second-order valence-electron chi connectivity index (χ2n) is 1.83. The summed E-state index contributed by atoms with van der Waals surface area (Å²) >= 11 is 0. The van der Waals surface area contributed by atoms with Gasteiger partial charge in [-0.2, -0.15) is 0 Å². The fourth-order valence-corrected chi connectivity index (χ4v) is 0.299. The van der Waals surface area contributed by atoms with Gasteiger partial charge in [0.15, 0.2) is 0 Å². The summed E-state index contributed by atoms with van der Waals surface area (Å²) in [5.41, 5.74) is 0. The summed E-state index contributed by atoms with van der Waals surface area (Å²) in [4.78, 5) is 12.2. The van der Waals surface area contributed by atoms with Gasteiger partial charge in [-0.05, 0) is 0 Å². The molecule has 0 radical (unpaired) electrons. The van der Waals surface area contributed by atoms with E-state index in [0.29, 0.717) is 0 Å². The smallest absolute Gasteiger partial charge is 0.246 e. The fourth-order valence-electron chi connectivity index (χ4n) is 0.299. The van der Waals surface area contributed by atoms with E-state index in [1.165, 1.54) is 11.0 Å². The standard InChI is InChI=1S/C7H11NO/c1-4-5-6-7(9)8(2)3/h4-6H,1H2,2-3H3/b6-5+. The largest absolute Gasteiger partial charge is 0.345 e. The molecule has 0 atom stereocenters. The van der Waals surface area contributed by atoms with Crippen molar-refractivity contribution in [3.05, 3.63) is 24.8 Å². The van der Waals surface area contributed by atoms with E-state index in [1.54, 1.807) is 26.2 Å². The van der Waals surface area contributed by atoms with Crippen LogP contribution in [0.15, 0.2) is 24.8 Å². The lowest BCUT2D eigenvalue weighted by Crippen LogP contribution is -2.18. The van der Waals surface area contributed by atoms with E-state index >= 15 is 0 Å². The van der Waals surface area contributed by atoms with Gasteiger partial charge in [0.1, 0.15) is 0 Å². The lowest BCUT2D eigenvalue weighted by Gasteiger charge is -2.03. The Morgan fingerprint density at radius 2 is 2.11 bits per heavy atom. The number of carbonyl (C=O) groups is 1. The quantitative estimate of drug-likeness (QED) is 0.395. The maximum Gasteiger partial charge on any atom is 0.246 e. The van der Waals surface area contributed by atoms with Gasteiger partial charge >= 0.3 is 0 Å². The topological polar surface area (TPSA) is 20.3 Å². The van der Waals surface area contributed by atoms with Crippen molar-refractivity contribution in [3.8, 4) is 0 Å². The second-order valence-corrected chi connectivity index (χ2v) is 1.83. The molecule has 0 saturated carbocycles. The van der Waals surface area contributed by atoms with Crippen molar-refractivity contribution in [2.45, 2.75) is 0 Å². The Morgan fingerprint density at radius 1 is 1.56 bits per heavy atom. The number of hydrogen-bond acceptors (Lipinski definition) is 1. The first kappa shape index (κ1) is 7.95. The predicted molar refractivity (Wildman–Crippen MR) is 38.0 cm³/mol. The minimum atomic E-state index is -0.0186. The highest BCUT2D eigenvalue weighted by Gasteiger charge is 1.93. The van der Waals surface area contributed by atoms with Gasteiger partial charge in [-0.1, -0.05) is 18.7 Å². The van der Waals surface area contributed by atoms with Crippen molar-refractivity contribution in [2.75, 3.05) is 14.1 Å². The SMILES string of the molecule is C=C/C=C/C(=O)N(C)C. The molecule has 0 aromatic heterocycles. The van der Waals surface area contributed by atoms with E-state index in [9.17, 15) is 4.79 Å². The highest BCUT2D eigenvalue weighted by atomic mass is 16.2. The van der Waals surface area contributed by atoms with E-state index in [4.69, 9.17) is 0 Å². The van der Waals surface area contributed by atoms with Crippen molar-refractivity contribution < 1.29 is 4.79 Å². The first-order valence-corrected chi connectivity index (χ1v) is 2.69. The molecule has 0 fully saturated rings. The molecule has 0 aliphatic carbocycles. The van der Waals surface area contributed by atoms with Crippen LogP contribution in [0.25, 0.3) is 0 Å². The molecule has 0 heterocycles. The lowest BCUT2D eigenvalue weighted by molar-refractivity contribution is -0.123. The number of amides is 1. The molecule has 0 aromatic carbocycles. The number of nitrogens with zero attached hydrogens (tertiary/aromatic N) is 1. The van der Waals surface area contributed by atoms with Gasteiger partial charge in [-0.25, -0.2) is 0 Å². The molecule has 0 spiro atoms. The monoisotopic (exact) mass is 125 g/mol. The Balaban J connectivity index is 3.76. The number of likely N-dealkylation sites (N-methyl/N-ethyl adjacent to an activating group) is 1. The Bertz CT molecular complexity index is 136. The zero-order chi connectivity index (χ0) is 7.28. The van der Waals surface area contributed by atoms with Crippen LogP contribution in [-0.2, 0) is 4.79 Å². The first-order chi connectivity index (χ1) is 4.18. The molecular weight excluding hydrogens is 114 g/mol. The van der Waals surface area contributed by atoms with Crippen LogP contribution in [-0.4, -0.2) is 24.9 Å². The molecule has 0 aromatic rings. The number of hydrogen-bond donors (Lipinski definition) is 0. The van der Waals surface area contributed by atoms with Crippen molar-refractivity contribution in [1.29, 1.82) is 0 Å². The van der Waals surface area contributed by atoms with Gasteiger partial charge in [-0.15, -0.1) is 0 Å². The van der Waals surface area contributed by atoms with E-state index in [-0.39, 0.29) is 5.91 Å². The maximum absolute atomic E-state index is 10.7. The van der Waals surface area contributed by atoms with Crippen LogP contribution in [0, 0.1) is 0 Å². The van der Waals surface area contributed by atoms with Crippen LogP contribution in [0.1, 0.15) is 0 Å². The Morgan fingerprint density at radius 3 is 2.44 bits per heavy atom. The Labute approximate surface area is 55.5 Å². The molecule has 1 amide bonds. The van der Waals surface area contributed by atoms with Gasteiger partial charge in [0, 0.05) is 20.2 Å². The fraction of sp³-hybridized carbons (Fsp3) is 0.286. The Kier molecular flexibility index (Phi) is 3.44. The summed E-state index contributed by atoms with van der Waals surface area (Å²) in [5.74, 6) is -0.0186. The molecule has 0 aliphatic rings. The van der Waals surface area contributed by atoms with Gasteiger partial charge in [0.25, 0.3) is 0 Å². The van der Waals surface area contributed by atoms with Crippen LogP contribution in [0.5, 0.6) is 0 Å². The summed E-state index contributed by atoms with van der Waals surface area (Å²) < 4.78 is 0. The van der Waals surface area contributed by atoms with Crippen molar-refractivity contribution in [1.82, 2.24) is 4.90 Å². The van der Waals surface area contributed by atoms with E-state index in [0.717, 1.165) is 0 Å². The van der Waals surface area contributed by atoms with Crippen LogP contribution in [0.4, 0.5) is 0 Å². The molecule has 0 unspecified atom stereocenters. The molecule has 0 rings (SSSR count). The molecular formula is C7H11NO. The third kappa shape index (κ3) is 3.53.